The van der Waals surface area contributed by atoms with Crippen LogP contribution < -0.4 is 21.1 Å². The highest BCUT2D eigenvalue weighted by atomic mass is 35.5. The number of para-hydroxylation sites is 1. The molecule has 0 unspecified atom stereocenters. The summed E-state index contributed by atoms with van der Waals surface area (Å²) in [6, 6.07) is 6.25. The van der Waals surface area contributed by atoms with Gasteiger partial charge in [-0.1, -0.05) is 24.3 Å². The fourth-order valence-electron chi connectivity index (χ4n) is 2.07. The van der Waals surface area contributed by atoms with Gasteiger partial charge >= 0.3 is 0 Å². The molecule has 0 radical (unpaired) electrons. The summed E-state index contributed by atoms with van der Waals surface area (Å²) in [5.74, 6) is 0.0639. The number of nitrogens with one attached hydrogen (secondary N) is 2. The second-order valence-corrected chi connectivity index (χ2v) is 5.24. The van der Waals surface area contributed by atoms with E-state index in [0.717, 1.165) is 0 Å². The lowest BCUT2D eigenvalue weighted by molar-refractivity contribution is -0.122. The molecule has 2 atom stereocenters. The average Bonchev–Trinajstić information content (AvgIpc) is 2.51. The maximum Gasteiger partial charge on any atom is 0.255 e. The molecule has 1 aliphatic heterocycles. The predicted molar refractivity (Wildman–Crippen MR) is 90.9 cm³/mol. The second-order valence-electron chi connectivity index (χ2n) is 5.24. The van der Waals surface area contributed by atoms with Crippen molar-refractivity contribution in [1.82, 2.24) is 10.6 Å². The number of carbonyl (C=O) groups is 2. The van der Waals surface area contributed by atoms with E-state index in [9.17, 15) is 9.59 Å². The summed E-state index contributed by atoms with van der Waals surface area (Å²) in [6.45, 7) is 2.46. The van der Waals surface area contributed by atoms with E-state index >= 15 is 0 Å². The summed E-state index contributed by atoms with van der Waals surface area (Å²) in [7, 11) is 0. The summed E-state index contributed by atoms with van der Waals surface area (Å²) >= 11 is 0. The van der Waals surface area contributed by atoms with Crippen LogP contribution in [-0.2, 0) is 4.79 Å². The largest absolute Gasteiger partial charge is 0.489 e. The molecule has 0 aliphatic carbocycles. The summed E-state index contributed by atoms with van der Waals surface area (Å²) < 4.78 is 5.61. The van der Waals surface area contributed by atoms with Gasteiger partial charge in [0.1, 0.15) is 12.4 Å². The van der Waals surface area contributed by atoms with Crippen LogP contribution in [0, 0.1) is 0 Å². The van der Waals surface area contributed by atoms with Gasteiger partial charge in [-0.25, -0.2) is 0 Å². The van der Waals surface area contributed by atoms with Crippen molar-refractivity contribution in [2.45, 2.75) is 25.4 Å². The molecular weight excluding hydrogens is 318 g/mol. The first kappa shape index (κ1) is 19.0. The Labute approximate surface area is 141 Å². The van der Waals surface area contributed by atoms with Gasteiger partial charge < -0.3 is 21.1 Å². The van der Waals surface area contributed by atoms with Crippen LogP contribution >= 0.6 is 12.4 Å². The maximum atomic E-state index is 12.3. The molecule has 0 bridgehead atoms. The zero-order valence-electron chi connectivity index (χ0n) is 13.0. The molecule has 0 saturated carbocycles. The SMILES string of the molecule is C[C@H]1CNC(=O)[C@H](N)C/C=C/COc2ccccc2C(=O)N1.Cl. The fraction of sp³-hybridized carbons (Fsp3) is 0.375. The van der Waals surface area contributed by atoms with Crippen LogP contribution in [0.1, 0.15) is 23.7 Å². The molecular formula is C16H22ClN3O3. The number of amides is 2. The van der Waals surface area contributed by atoms with Gasteiger partial charge in [0.25, 0.3) is 5.91 Å². The third-order valence-electron chi connectivity index (χ3n) is 3.32. The van der Waals surface area contributed by atoms with Gasteiger partial charge in [0.05, 0.1) is 11.6 Å². The molecule has 1 heterocycles. The van der Waals surface area contributed by atoms with E-state index in [1.54, 1.807) is 24.3 Å². The molecule has 0 fully saturated rings. The van der Waals surface area contributed by atoms with E-state index in [4.69, 9.17) is 10.5 Å². The lowest BCUT2D eigenvalue weighted by atomic mass is 10.1. The van der Waals surface area contributed by atoms with Crippen LogP contribution in [0.4, 0.5) is 0 Å². The third kappa shape index (κ3) is 5.58. The Kier molecular flexibility index (Phi) is 7.57. The van der Waals surface area contributed by atoms with Gasteiger partial charge in [0, 0.05) is 12.6 Å². The Hall–Kier alpha value is -2.05. The van der Waals surface area contributed by atoms with Crippen LogP contribution in [-0.4, -0.2) is 37.0 Å². The lowest BCUT2D eigenvalue weighted by Crippen LogP contribution is -2.46. The van der Waals surface area contributed by atoms with Crippen molar-refractivity contribution >= 4 is 24.2 Å². The van der Waals surface area contributed by atoms with Crippen LogP contribution in [0.5, 0.6) is 5.75 Å². The monoisotopic (exact) mass is 339 g/mol. The minimum atomic E-state index is -0.602. The van der Waals surface area contributed by atoms with Gasteiger partial charge in [0.15, 0.2) is 0 Å². The van der Waals surface area contributed by atoms with Crippen molar-refractivity contribution < 1.29 is 14.3 Å². The van der Waals surface area contributed by atoms with Crippen molar-refractivity contribution in [3.63, 3.8) is 0 Å². The van der Waals surface area contributed by atoms with Crippen LogP contribution in [0.15, 0.2) is 36.4 Å². The van der Waals surface area contributed by atoms with E-state index < -0.39 is 6.04 Å². The summed E-state index contributed by atoms with van der Waals surface area (Å²) in [6.07, 6.45) is 4.04. The van der Waals surface area contributed by atoms with Gasteiger partial charge in [-0.15, -0.1) is 12.4 Å². The van der Waals surface area contributed by atoms with Gasteiger partial charge in [-0.3, -0.25) is 9.59 Å². The maximum absolute atomic E-state index is 12.3. The molecule has 1 aliphatic rings. The molecule has 23 heavy (non-hydrogen) atoms. The standard InChI is InChI=1S/C16H21N3O3.ClH/c1-11-10-18-16(21)13(17)7-4-5-9-22-14-8-3-2-6-12(14)15(20)19-11;/h2-6,8,11,13H,7,9-10,17H2,1H3,(H,18,21)(H,19,20);1H/b5-4+;/t11-,13+;/m0./s1. The molecule has 0 aromatic heterocycles. The first-order valence-corrected chi connectivity index (χ1v) is 7.29. The normalized spacial score (nSPS) is 23.9. The molecule has 1 aromatic rings. The molecule has 126 valence electrons. The lowest BCUT2D eigenvalue weighted by Gasteiger charge is -2.18. The van der Waals surface area contributed by atoms with Crippen LogP contribution in [0.25, 0.3) is 0 Å². The number of fused-ring (bicyclic) bond motifs is 1. The van der Waals surface area contributed by atoms with E-state index in [1.165, 1.54) is 0 Å². The Morgan fingerprint density at radius 2 is 1.96 bits per heavy atom. The quantitative estimate of drug-likeness (QED) is 0.615. The molecule has 7 heteroatoms. The third-order valence-corrected chi connectivity index (χ3v) is 3.32. The first-order valence-electron chi connectivity index (χ1n) is 7.29. The Morgan fingerprint density at radius 3 is 2.74 bits per heavy atom. The summed E-state index contributed by atoms with van der Waals surface area (Å²) in [5.41, 5.74) is 6.26. The number of nitrogens with two attached hydrogens (primary N) is 1. The minimum absolute atomic E-state index is 0. The Morgan fingerprint density at radius 1 is 1.22 bits per heavy atom. The highest BCUT2D eigenvalue weighted by Crippen LogP contribution is 2.18. The number of benzene rings is 1. The van der Waals surface area contributed by atoms with Gasteiger partial charge in [-0.2, -0.15) is 0 Å². The van der Waals surface area contributed by atoms with Gasteiger partial charge in [-0.05, 0) is 25.5 Å². The zero-order chi connectivity index (χ0) is 15.9. The Bertz CT molecular complexity index is 577. The van der Waals surface area contributed by atoms with E-state index in [2.05, 4.69) is 10.6 Å². The van der Waals surface area contributed by atoms with Crippen molar-refractivity contribution in [3.05, 3.63) is 42.0 Å². The molecule has 0 saturated heterocycles. The Balaban J connectivity index is 0.00000264. The number of hydrogen-bond acceptors (Lipinski definition) is 4. The van der Waals surface area contributed by atoms with Crippen LogP contribution in [0.3, 0.4) is 0 Å². The molecule has 2 amide bonds. The molecule has 4 N–H and O–H groups in total. The fourth-order valence-corrected chi connectivity index (χ4v) is 2.07. The smallest absolute Gasteiger partial charge is 0.255 e. The zero-order valence-corrected chi connectivity index (χ0v) is 13.8. The van der Waals surface area contributed by atoms with Crippen LogP contribution in [0.2, 0.25) is 0 Å². The van der Waals surface area contributed by atoms with Crippen molar-refractivity contribution in [1.29, 1.82) is 0 Å². The number of ether oxygens (including phenoxy) is 1. The summed E-state index contributed by atoms with van der Waals surface area (Å²) in [5, 5.41) is 5.57. The summed E-state index contributed by atoms with van der Waals surface area (Å²) in [4.78, 5) is 24.1. The number of rotatable bonds is 0. The first-order chi connectivity index (χ1) is 10.6. The number of halogens is 1. The molecule has 2 rings (SSSR count). The highest BCUT2D eigenvalue weighted by molar-refractivity contribution is 5.97. The van der Waals surface area contributed by atoms with E-state index in [0.29, 0.717) is 30.9 Å². The highest BCUT2D eigenvalue weighted by Gasteiger charge is 2.17. The average molecular weight is 340 g/mol. The topological polar surface area (TPSA) is 93.5 Å². The minimum Gasteiger partial charge on any atom is -0.489 e. The van der Waals surface area contributed by atoms with E-state index in [1.807, 2.05) is 19.1 Å². The van der Waals surface area contributed by atoms with Crippen molar-refractivity contribution in [2.75, 3.05) is 13.2 Å². The van der Waals surface area contributed by atoms with Crippen molar-refractivity contribution in [3.8, 4) is 5.75 Å². The molecule has 6 nitrogen and oxygen atoms in total. The number of carbonyl (C=O) groups excluding carboxylic acids is 2. The predicted octanol–water partition coefficient (Wildman–Crippen LogP) is 1.01. The van der Waals surface area contributed by atoms with Gasteiger partial charge in [0.2, 0.25) is 5.91 Å². The molecule has 0 spiro atoms. The molecule has 1 aromatic carbocycles. The second kappa shape index (κ2) is 9.17. The van der Waals surface area contributed by atoms with Crippen molar-refractivity contribution in [2.24, 2.45) is 5.73 Å². The number of hydrogen-bond donors (Lipinski definition) is 3. The van der Waals surface area contributed by atoms with E-state index in [-0.39, 0.29) is 30.3 Å².